The Balaban J connectivity index is 2.57. The van der Waals surface area contributed by atoms with Gasteiger partial charge in [-0.3, -0.25) is 9.36 Å². The van der Waals surface area contributed by atoms with Crippen LogP contribution in [0.5, 0.6) is 0 Å². The average molecular weight is 480 g/mol. The second-order valence-electron chi connectivity index (χ2n) is 8.68. The Morgan fingerprint density at radius 3 is 2.23 bits per heavy atom. The quantitative estimate of drug-likeness (QED) is 0.595. The van der Waals surface area contributed by atoms with Crippen molar-refractivity contribution in [3.8, 4) is 11.4 Å². The Morgan fingerprint density at radius 1 is 1.23 bits per heavy atom. The van der Waals surface area contributed by atoms with Gasteiger partial charge in [0.05, 0.1) is 6.54 Å². The fraction of sp³-hybridized carbons (Fsp3) is 0.526. The third-order valence-electron chi connectivity index (χ3n) is 5.27. The number of halogens is 4. The SMILES string of the molecule is CC(C)(C)[Si](C)(C)O[C@@H](Cn1c(-c2ccc(Cl)cc2)nn(CC(=O)O)c1=O)C(F)(F)F. The normalized spacial score (nSPS) is 14.0. The number of carboxylic acid groups (broad SMARTS) is 1. The van der Waals surface area contributed by atoms with Crippen LogP contribution < -0.4 is 5.69 Å². The van der Waals surface area contributed by atoms with Crippen molar-refractivity contribution in [2.24, 2.45) is 0 Å². The van der Waals surface area contributed by atoms with Crippen molar-refractivity contribution in [3.63, 3.8) is 0 Å². The standard InChI is InChI=1S/C19H25ClF3N3O4Si/c1-18(2,3)31(4,5)30-14(19(21,22)23)10-25-16(12-6-8-13(20)9-7-12)24-26(17(25)29)11-15(27)28/h6-9,14H,10-11H2,1-5H3,(H,27,28)/t14-/m0/s1. The highest BCUT2D eigenvalue weighted by Crippen LogP contribution is 2.40. The van der Waals surface area contributed by atoms with E-state index in [0.717, 1.165) is 4.57 Å². The molecule has 0 saturated heterocycles. The molecule has 0 saturated carbocycles. The summed E-state index contributed by atoms with van der Waals surface area (Å²) in [5.74, 6) is -1.45. The van der Waals surface area contributed by atoms with E-state index >= 15 is 0 Å². The van der Waals surface area contributed by atoms with E-state index in [-0.39, 0.29) is 5.82 Å². The molecule has 0 unspecified atom stereocenters. The Hall–Kier alpha value is -2.11. The van der Waals surface area contributed by atoms with Gasteiger partial charge in [0.15, 0.2) is 20.2 Å². The van der Waals surface area contributed by atoms with Crippen LogP contribution >= 0.6 is 11.6 Å². The van der Waals surface area contributed by atoms with Gasteiger partial charge < -0.3 is 9.53 Å². The van der Waals surface area contributed by atoms with Crippen LogP contribution in [0.25, 0.3) is 11.4 Å². The number of benzene rings is 1. The largest absolute Gasteiger partial charge is 0.480 e. The number of alkyl halides is 3. The van der Waals surface area contributed by atoms with Gasteiger partial charge in [0.1, 0.15) is 6.54 Å². The molecule has 1 aromatic heterocycles. The van der Waals surface area contributed by atoms with Gasteiger partial charge in [-0.15, -0.1) is 5.10 Å². The van der Waals surface area contributed by atoms with Crippen LogP contribution in [0.15, 0.2) is 29.1 Å². The molecule has 0 aliphatic rings. The lowest BCUT2D eigenvalue weighted by molar-refractivity contribution is -0.202. The van der Waals surface area contributed by atoms with Crippen LogP contribution in [-0.4, -0.2) is 46.0 Å². The van der Waals surface area contributed by atoms with Crippen LogP contribution in [0.3, 0.4) is 0 Å². The number of carboxylic acids is 1. The molecule has 0 radical (unpaired) electrons. The zero-order valence-corrected chi connectivity index (χ0v) is 19.6. The monoisotopic (exact) mass is 479 g/mol. The molecule has 1 aromatic carbocycles. The van der Waals surface area contributed by atoms with Crippen molar-refractivity contribution < 1.29 is 27.5 Å². The fourth-order valence-electron chi connectivity index (χ4n) is 2.56. The van der Waals surface area contributed by atoms with Crippen molar-refractivity contribution in [3.05, 3.63) is 39.8 Å². The Morgan fingerprint density at radius 2 is 1.77 bits per heavy atom. The predicted octanol–water partition coefficient (Wildman–Crippen LogP) is 4.40. The lowest BCUT2D eigenvalue weighted by Gasteiger charge is -2.39. The van der Waals surface area contributed by atoms with Gasteiger partial charge in [-0.1, -0.05) is 32.4 Å². The van der Waals surface area contributed by atoms with Crippen molar-refractivity contribution in [1.29, 1.82) is 0 Å². The summed E-state index contributed by atoms with van der Waals surface area (Å²) in [5, 5.41) is 12.9. The highest BCUT2D eigenvalue weighted by molar-refractivity contribution is 6.74. The number of aliphatic carboxylic acids is 1. The molecule has 172 valence electrons. The van der Waals surface area contributed by atoms with Crippen LogP contribution in [-0.2, 0) is 22.3 Å². The van der Waals surface area contributed by atoms with E-state index < -0.39 is 50.4 Å². The minimum atomic E-state index is -4.75. The molecule has 2 aromatic rings. The first kappa shape index (κ1) is 25.2. The second kappa shape index (κ2) is 8.79. The minimum Gasteiger partial charge on any atom is -0.480 e. The smallest absolute Gasteiger partial charge is 0.415 e. The first-order valence-electron chi connectivity index (χ1n) is 9.43. The Kier molecular flexibility index (Phi) is 7.13. The van der Waals surface area contributed by atoms with Crippen LogP contribution in [0.2, 0.25) is 23.2 Å². The summed E-state index contributed by atoms with van der Waals surface area (Å²) in [6, 6.07) is 5.97. The molecule has 0 bridgehead atoms. The van der Waals surface area contributed by atoms with Crippen LogP contribution in [0.4, 0.5) is 13.2 Å². The van der Waals surface area contributed by atoms with Crippen molar-refractivity contribution in [1.82, 2.24) is 14.3 Å². The third-order valence-corrected chi connectivity index (χ3v) is 10.0. The minimum absolute atomic E-state index is 0.101. The van der Waals surface area contributed by atoms with E-state index in [1.165, 1.54) is 24.3 Å². The molecule has 1 heterocycles. The maximum absolute atomic E-state index is 13.9. The summed E-state index contributed by atoms with van der Waals surface area (Å²) in [6.07, 6.45) is -7.01. The van der Waals surface area contributed by atoms with Gasteiger partial charge in [-0.05, 0) is 42.4 Å². The van der Waals surface area contributed by atoms with Crippen LogP contribution in [0, 0.1) is 0 Å². The maximum Gasteiger partial charge on any atom is 0.415 e. The number of hydrogen-bond donors (Lipinski definition) is 1. The summed E-state index contributed by atoms with van der Waals surface area (Å²) in [7, 11) is -2.85. The summed E-state index contributed by atoms with van der Waals surface area (Å²) in [4.78, 5) is 23.8. The molecule has 0 fully saturated rings. The number of carbonyl (C=O) groups is 1. The molecule has 12 heteroatoms. The first-order chi connectivity index (χ1) is 14.0. The van der Waals surface area contributed by atoms with Gasteiger partial charge in [-0.25, -0.2) is 9.48 Å². The van der Waals surface area contributed by atoms with Gasteiger partial charge in [0.25, 0.3) is 0 Å². The molecule has 31 heavy (non-hydrogen) atoms. The highest BCUT2D eigenvalue weighted by atomic mass is 35.5. The molecule has 2 rings (SSSR count). The molecular weight excluding hydrogens is 455 g/mol. The van der Waals surface area contributed by atoms with Crippen molar-refractivity contribution in [2.45, 2.75) is 64.3 Å². The summed E-state index contributed by atoms with van der Waals surface area (Å²) < 4.78 is 48.7. The molecule has 0 aliphatic heterocycles. The Bertz CT molecular complexity index is 995. The zero-order chi connectivity index (χ0) is 23.8. The predicted molar refractivity (Wildman–Crippen MR) is 113 cm³/mol. The maximum atomic E-state index is 13.9. The van der Waals surface area contributed by atoms with E-state index in [0.29, 0.717) is 15.3 Å². The lowest BCUT2D eigenvalue weighted by atomic mass is 10.2. The molecule has 0 spiro atoms. The highest BCUT2D eigenvalue weighted by Gasteiger charge is 2.48. The molecule has 0 amide bonds. The molecular formula is C19H25ClF3N3O4Si. The summed E-state index contributed by atoms with van der Waals surface area (Å²) in [6.45, 7) is 7.15. The molecule has 1 N–H and O–H groups in total. The van der Waals surface area contributed by atoms with Crippen LogP contribution in [0.1, 0.15) is 20.8 Å². The lowest BCUT2D eigenvalue weighted by Crippen LogP contribution is -2.50. The average Bonchev–Trinajstić information content (AvgIpc) is 2.89. The van der Waals surface area contributed by atoms with Gasteiger partial charge >= 0.3 is 17.8 Å². The zero-order valence-electron chi connectivity index (χ0n) is 17.8. The Labute approximate surface area is 183 Å². The number of hydrogen-bond acceptors (Lipinski definition) is 4. The van der Waals surface area contributed by atoms with E-state index in [2.05, 4.69) is 5.10 Å². The molecule has 1 atom stereocenters. The topological polar surface area (TPSA) is 86.3 Å². The third kappa shape index (κ3) is 5.98. The van der Waals surface area contributed by atoms with E-state index in [4.69, 9.17) is 21.1 Å². The van der Waals surface area contributed by atoms with E-state index in [1.807, 2.05) is 20.8 Å². The van der Waals surface area contributed by atoms with Crippen molar-refractivity contribution in [2.75, 3.05) is 0 Å². The second-order valence-corrected chi connectivity index (χ2v) is 13.9. The van der Waals surface area contributed by atoms with Gasteiger partial charge in [0, 0.05) is 10.6 Å². The fourth-order valence-corrected chi connectivity index (χ4v) is 3.95. The number of aromatic nitrogens is 3. The number of nitrogens with zero attached hydrogens (tertiary/aromatic N) is 3. The van der Waals surface area contributed by atoms with E-state index in [1.54, 1.807) is 13.1 Å². The first-order valence-corrected chi connectivity index (χ1v) is 12.7. The van der Waals surface area contributed by atoms with E-state index in [9.17, 15) is 22.8 Å². The summed E-state index contributed by atoms with van der Waals surface area (Å²) in [5.41, 5.74) is -0.653. The number of rotatable bonds is 7. The summed E-state index contributed by atoms with van der Waals surface area (Å²) >= 11 is 5.87. The van der Waals surface area contributed by atoms with Gasteiger partial charge in [-0.2, -0.15) is 13.2 Å². The van der Waals surface area contributed by atoms with Crippen molar-refractivity contribution >= 4 is 25.9 Å². The van der Waals surface area contributed by atoms with Gasteiger partial charge in [0.2, 0.25) is 0 Å². The molecule has 7 nitrogen and oxygen atoms in total. The molecule has 0 aliphatic carbocycles.